The molecule has 1 fully saturated rings. The van der Waals surface area contributed by atoms with Crippen LogP contribution in [-0.2, 0) is 16.6 Å². The van der Waals surface area contributed by atoms with E-state index in [0.29, 0.717) is 49.1 Å². The topological polar surface area (TPSA) is 79.8 Å². The van der Waals surface area contributed by atoms with Gasteiger partial charge in [-0.2, -0.15) is 4.31 Å². The first-order valence-electron chi connectivity index (χ1n) is 8.40. The number of sulfonamides is 1. The van der Waals surface area contributed by atoms with Crippen molar-refractivity contribution in [2.45, 2.75) is 11.4 Å². The van der Waals surface area contributed by atoms with Crippen LogP contribution in [0.2, 0.25) is 0 Å². The molecule has 0 bridgehead atoms. The summed E-state index contributed by atoms with van der Waals surface area (Å²) in [4.78, 5) is 2.51. The predicted octanol–water partition coefficient (Wildman–Crippen LogP) is 2.44. The quantitative estimate of drug-likeness (QED) is 0.683. The number of aromatic nitrogens is 1. The van der Waals surface area contributed by atoms with Crippen LogP contribution in [0, 0.1) is 0 Å². The Bertz CT molecular complexity index is 944. The summed E-state index contributed by atoms with van der Waals surface area (Å²) in [7, 11) is -3.42. The van der Waals surface area contributed by atoms with Gasteiger partial charge in [-0.1, -0.05) is 23.4 Å². The van der Waals surface area contributed by atoms with Gasteiger partial charge in [0.25, 0.3) is 0 Å². The number of benzene rings is 1. The number of nitrogens with zero attached hydrogens (tertiary/aromatic N) is 3. The van der Waals surface area contributed by atoms with E-state index in [1.165, 1.54) is 4.31 Å². The zero-order valence-corrected chi connectivity index (χ0v) is 14.9. The van der Waals surface area contributed by atoms with Crippen molar-refractivity contribution in [3.05, 3.63) is 60.5 Å². The molecule has 0 amide bonds. The van der Waals surface area contributed by atoms with Gasteiger partial charge in [0.2, 0.25) is 15.8 Å². The molecule has 3 aromatic rings. The summed E-state index contributed by atoms with van der Waals surface area (Å²) >= 11 is 0. The minimum Gasteiger partial charge on any atom is -0.461 e. The van der Waals surface area contributed by atoms with Gasteiger partial charge in [0.15, 0.2) is 5.76 Å². The van der Waals surface area contributed by atoms with Gasteiger partial charge in [-0.3, -0.25) is 4.90 Å². The molecular formula is C18H19N3O4S. The molecular weight excluding hydrogens is 354 g/mol. The fraction of sp³-hybridized carbons (Fsp3) is 0.278. The van der Waals surface area contributed by atoms with Crippen molar-refractivity contribution in [1.29, 1.82) is 0 Å². The Morgan fingerprint density at radius 3 is 2.42 bits per heavy atom. The molecule has 8 heteroatoms. The van der Waals surface area contributed by atoms with Crippen LogP contribution < -0.4 is 0 Å². The largest absolute Gasteiger partial charge is 0.461 e. The van der Waals surface area contributed by atoms with E-state index in [9.17, 15) is 8.42 Å². The van der Waals surface area contributed by atoms with E-state index in [1.54, 1.807) is 36.6 Å². The van der Waals surface area contributed by atoms with Crippen molar-refractivity contribution in [3.63, 3.8) is 0 Å². The zero-order valence-electron chi connectivity index (χ0n) is 14.1. The number of piperazine rings is 1. The highest BCUT2D eigenvalue weighted by atomic mass is 32.2. The second kappa shape index (κ2) is 7.06. The van der Waals surface area contributed by atoms with Gasteiger partial charge in [0.05, 0.1) is 16.9 Å². The normalized spacial score (nSPS) is 16.8. The van der Waals surface area contributed by atoms with Crippen LogP contribution in [0.5, 0.6) is 0 Å². The van der Waals surface area contributed by atoms with E-state index in [0.717, 1.165) is 5.69 Å². The molecule has 0 saturated carbocycles. The highest BCUT2D eigenvalue weighted by Crippen LogP contribution is 2.22. The minimum absolute atomic E-state index is 0.341. The fourth-order valence-corrected chi connectivity index (χ4v) is 4.46. The lowest BCUT2D eigenvalue weighted by molar-refractivity contribution is 0.178. The van der Waals surface area contributed by atoms with Crippen LogP contribution in [0.15, 0.2) is 68.6 Å². The molecule has 0 aliphatic carbocycles. The SMILES string of the molecule is O=S(=O)(c1ccccc1)N1CCN(Cc2cc(-c3ccco3)on2)CC1. The van der Waals surface area contributed by atoms with Crippen LogP contribution in [0.3, 0.4) is 0 Å². The smallest absolute Gasteiger partial charge is 0.243 e. The molecule has 1 aliphatic rings. The van der Waals surface area contributed by atoms with E-state index in [4.69, 9.17) is 8.94 Å². The third-order valence-electron chi connectivity index (χ3n) is 4.42. The molecule has 0 radical (unpaired) electrons. The van der Waals surface area contributed by atoms with Crippen LogP contribution in [-0.4, -0.2) is 49.0 Å². The zero-order chi connectivity index (χ0) is 18.0. The first-order chi connectivity index (χ1) is 12.6. The molecule has 1 saturated heterocycles. The molecule has 0 unspecified atom stereocenters. The Hall–Kier alpha value is -2.42. The van der Waals surface area contributed by atoms with Crippen molar-refractivity contribution in [2.24, 2.45) is 0 Å². The Balaban J connectivity index is 1.37. The number of hydrogen-bond donors (Lipinski definition) is 0. The highest BCUT2D eigenvalue weighted by molar-refractivity contribution is 7.89. The maximum Gasteiger partial charge on any atom is 0.243 e. The van der Waals surface area contributed by atoms with E-state index >= 15 is 0 Å². The van der Waals surface area contributed by atoms with Gasteiger partial charge < -0.3 is 8.94 Å². The summed E-state index contributed by atoms with van der Waals surface area (Å²) < 4.78 is 37.5. The van der Waals surface area contributed by atoms with E-state index in [1.807, 2.05) is 18.2 Å². The monoisotopic (exact) mass is 373 g/mol. The Kier molecular flexibility index (Phi) is 4.62. The molecule has 3 heterocycles. The minimum atomic E-state index is -3.42. The lowest BCUT2D eigenvalue weighted by Crippen LogP contribution is -2.48. The molecule has 7 nitrogen and oxygen atoms in total. The van der Waals surface area contributed by atoms with Gasteiger partial charge in [0, 0.05) is 38.8 Å². The molecule has 0 atom stereocenters. The Morgan fingerprint density at radius 2 is 1.73 bits per heavy atom. The number of furan rings is 1. The maximum absolute atomic E-state index is 12.7. The molecule has 2 aromatic heterocycles. The van der Waals surface area contributed by atoms with Crippen molar-refractivity contribution < 1.29 is 17.4 Å². The Morgan fingerprint density at radius 1 is 0.962 bits per heavy atom. The van der Waals surface area contributed by atoms with Crippen molar-refractivity contribution >= 4 is 10.0 Å². The van der Waals surface area contributed by atoms with E-state index in [-0.39, 0.29) is 0 Å². The lowest BCUT2D eigenvalue weighted by atomic mass is 10.3. The summed E-state index contributed by atoms with van der Waals surface area (Å²) in [5.41, 5.74) is 0.802. The fourth-order valence-electron chi connectivity index (χ4n) is 3.02. The van der Waals surface area contributed by atoms with Crippen LogP contribution in [0.4, 0.5) is 0 Å². The van der Waals surface area contributed by atoms with Crippen molar-refractivity contribution in [3.8, 4) is 11.5 Å². The first-order valence-corrected chi connectivity index (χ1v) is 9.84. The maximum atomic E-state index is 12.7. The second-order valence-corrected chi connectivity index (χ2v) is 8.09. The first kappa shape index (κ1) is 17.0. The van der Waals surface area contributed by atoms with Gasteiger partial charge in [-0.15, -0.1) is 0 Å². The van der Waals surface area contributed by atoms with Gasteiger partial charge in [-0.05, 0) is 24.3 Å². The Labute approximate surface area is 151 Å². The van der Waals surface area contributed by atoms with Crippen LogP contribution in [0.25, 0.3) is 11.5 Å². The summed E-state index contributed by atoms with van der Waals surface area (Å²) in [5.74, 6) is 1.23. The summed E-state index contributed by atoms with van der Waals surface area (Å²) in [5, 5.41) is 4.07. The standard InChI is InChI=1S/C18H19N3O4S/c22-26(23,16-5-2-1-3-6-16)21-10-8-20(9-11-21)14-15-13-18(25-19-15)17-7-4-12-24-17/h1-7,12-13H,8-11,14H2. The lowest BCUT2D eigenvalue weighted by Gasteiger charge is -2.33. The third-order valence-corrected chi connectivity index (χ3v) is 6.33. The van der Waals surface area contributed by atoms with Crippen molar-refractivity contribution in [2.75, 3.05) is 26.2 Å². The molecule has 1 aliphatic heterocycles. The predicted molar refractivity (Wildman–Crippen MR) is 94.7 cm³/mol. The van der Waals surface area contributed by atoms with Crippen LogP contribution in [0.1, 0.15) is 5.69 Å². The molecule has 0 spiro atoms. The number of hydrogen-bond acceptors (Lipinski definition) is 6. The highest BCUT2D eigenvalue weighted by Gasteiger charge is 2.28. The summed E-state index contributed by atoms with van der Waals surface area (Å²) in [6, 6.07) is 14.0. The average Bonchev–Trinajstić information content (AvgIpc) is 3.34. The molecule has 0 N–H and O–H groups in total. The molecule has 136 valence electrons. The molecule has 4 rings (SSSR count). The van der Waals surface area contributed by atoms with E-state index in [2.05, 4.69) is 10.1 Å². The molecule has 26 heavy (non-hydrogen) atoms. The van der Waals surface area contributed by atoms with Crippen molar-refractivity contribution in [1.82, 2.24) is 14.4 Å². The van der Waals surface area contributed by atoms with Gasteiger partial charge in [-0.25, -0.2) is 8.42 Å². The summed E-state index contributed by atoms with van der Waals surface area (Å²) in [6.07, 6.45) is 1.59. The molecule has 1 aromatic carbocycles. The second-order valence-electron chi connectivity index (χ2n) is 6.15. The van der Waals surface area contributed by atoms with Gasteiger partial charge >= 0.3 is 0 Å². The van der Waals surface area contributed by atoms with Crippen LogP contribution >= 0.6 is 0 Å². The average molecular weight is 373 g/mol. The number of rotatable bonds is 5. The van der Waals surface area contributed by atoms with Gasteiger partial charge in [0.1, 0.15) is 0 Å². The third kappa shape index (κ3) is 3.44. The summed E-state index contributed by atoms with van der Waals surface area (Å²) in [6.45, 7) is 2.83. The van der Waals surface area contributed by atoms with E-state index < -0.39 is 10.0 Å².